The van der Waals surface area contributed by atoms with Gasteiger partial charge in [-0.1, -0.05) is 6.07 Å². The topological polar surface area (TPSA) is 106 Å². The maximum Gasteiger partial charge on any atom is 0.389 e. The summed E-state index contributed by atoms with van der Waals surface area (Å²) in [6, 6.07) is 8.79. The number of hydrogen-bond donors (Lipinski definition) is 2. The lowest BCUT2D eigenvalue weighted by molar-refractivity contribution is -0.389. The molecular formula is C14H14N4O4. The molecule has 1 aromatic carbocycles. The van der Waals surface area contributed by atoms with E-state index in [1.807, 2.05) is 30.5 Å². The van der Waals surface area contributed by atoms with E-state index in [1.54, 1.807) is 0 Å². The van der Waals surface area contributed by atoms with Gasteiger partial charge in [0.15, 0.2) is 0 Å². The number of aromatic amines is 1. The number of hydrogen-bond acceptors (Lipinski definition) is 5. The van der Waals surface area contributed by atoms with Gasteiger partial charge in [0.1, 0.15) is 18.5 Å². The van der Waals surface area contributed by atoms with Gasteiger partial charge in [-0.15, -0.1) is 0 Å². The summed E-state index contributed by atoms with van der Waals surface area (Å²) in [5, 5.41) is 25.2. The first-order valence-corrected chi connectivity index (χ1v) is 6.68. The number of benzene rings is 1. The Hall–Kier alpha value is -2.87. The molecule has 2 heterocycles. The second-order valence-corrected chi connectivity index (χ2v) is 4.81. The summed E-state index contributed by atoms with van der Waals surface area (Å²) in [7, 11) is 0. The van der Waals surface area contributed by atoms with E-state index in [1.165, 1.54) is 16.9 Å². The van der Waals surface area contributed by atoms with Gasteiger partial charge in [-0.05, 0) is 23.1 Å². The molecule has 1 atom stereocenters. The summed E-state index contributed by atoms with van der Waals surface area (Å²) in [5.74, 6) is 0.425. The Bertz CT molecular complexity index is 795. The lowest BCUT2D eigenvalue weighted by Gasteiger charge is -2.11. The highest BCUT2D eigenvalue weighted by molar-refractivity contribution is 5.85. The fourth-order valence-electron chi connectivity index (χ4n) is 2.19. The third-order valence-corrected chi connectivity index (χ3v) is 3.20. The van der Waals surface area contributed by atoms with E-state index in [0.717, 1.165) is 10.9 Å². The molecular weight excluding hydrogens is 288 g/mol. The summed E-state index contributed by atoms with van der Waals surface area (Å²) >= 11 is 0. The zero-order valence-corrected chi connectivity index (χ0v) is 11.5. The molecule has 0 amide bonds. The molecule has 22 heavy (non-hydrogen) atoms. The van der Waals surface area contributed by atoms with Crippen LogP contribution in [0, 0.1) is 10.1 Å². The van der Waals surface area contributed by atoms with Gasteiger partial charge in [-0.2, -0.15) is 4.68 Å². The standard InChI is InChI=1S/C14H14N4O4/c19-10(8-17-7-5-14(16-17)18(20)21)9-22-13-3-1-2-12-11(13)4-6-15-12/h1-7,10,15,19H,8-9H2. The van der Waals surface area contributed by atoms with E-state index < -0.39 is 11.0 Å². The smallest absolute Gasteiger partial charge is 0.389 e. The maximum atomic E-state index is 10.5. The van der Waals surface area contributed by atoms with Crippen LogP contribution in [0.4, 0.5) is 5.82 Å². The van der Waals surface area contributed by atoms with E-state index >= 15 is 0 Å². The predicted octanol–water partition coefficient (Wildman–Crippen LogP) is 1.71. The number of ether oxygens (including phenoxy) is 1. The number of rotatable bonds is 6. The first-order chi connectivity index (χ1) is 10.6. The SMILES string of the molecule is O=[N+]([O-])c1ccn(CC(O)COc2cccc3[nH]ccc23)n1. The third kappa shape index (κ3) is 2.91. The van der Waals surface area contributed by atoms with E-state index in [-0.39, 0.29) is 19.0 Å². The van der Waals surface area contributed by atoms with Crippen LogP contribution in [0.15, 0.2) is 42.7 Å². The lowest BCUT2D eigenvalue weighted by atomic mass is 10.2. The van der Waals surface area contributed by atoms with Crippen molar-refractivity contribution >= 4 is 16.7 Å². The van der Waals surface area contributed by atoms with Gasteiger partial charge >= 0.3 is 5.82 Å². The van der Waals surface area contributed by atoms with E-state index in [9.17, 15) is 15.2 Å². The molecule has 0 saturated heterocycles. The van der Waals surface area contributed by atoms with Crippen molar-refractivity contribution in [1.29, 1.82) is 0 Å². The molecule has 0 aliphatic rings. The van der Waals surface area contributed by atoms with Crippen LogP contribution < -0.4 is 4.74 Å². The zero-order chi connectivity index (χ0) is 15.5. The van der Waals surface area contributed by atoms with Gasteiger partial charge < -0.3 is 24.9 Å². The molecule has 8 heteroatoms. The minimum absolute atomic E-state index is 0.0674. The number of aromatic nitrogens is 3. The minimum atomic E-state index is -0.825. The first kappa shape index (κ1) is 14.1. The molecule has 0 bridgehead atoms. The van der Waals surface area contributed by atoms with E-state index in [2.05, 4.69) is 10.1 Å². The highest BCUT2D eigenvalue weighted by atomic mass is 16.6. The second-order valence-electron chi connectivity index (χ2n) is 4.81. The van der Waals surface area contributed by atoms with Crippen molar-refractivity contribution in [3.8, 4) is 5.75 Å². The molecule has 0 fully saturated rings. The molecule has 0 saturated carbocycles. The van der Waals surface area contributed by atoms with Crippen LogP contribution in [0.1, 0.15) is 0 Å². The van der Waals surface area contributed by atoms with Crippen molar-refractivity contribution in [1.82, 2.24) is 14.8 Å². The summed E-state index contributed by atoms with van der Waals surface area (Å²) in [6.07, 6.45) is 2.44. The number of nitrogens with zero attached hydrogens (tertiary/aromatic N) is 3. The summed E-state index contributed by atoms with van der Waals surface area (Å²) in [5.41, 5.74) is 0.953. The molecule has 114 valence electrons. The van der Waals surface area contributed by atoms with Gasteiger partial charge in [-0.3, -0.25) is 0 Å². The van der Waals surface area contributed by atoms with Crippen LogP contribution in [0.2, 0.25) is 0 Å². The number of nitrogens with one attached hydrogen (secondary N) is 1. The Labute approximate surface area is 125 Å². The van der Waals surface area contributed by atoms with Gasteiger partial charge in [0, 0.05) is 17.1 Å². The molecule has 0 radical (unpaired) electrons. The maximum absolute atomic E-state index is 10.5. The van der Waals surface area contributed by atoms with Crippen molar-refractivity contribution in [2.24, 2.45) is 0 Å². The Kier molecular flexibility index (Phi) is 3.75. The van der Waals surface area contributed by atoms with Crippen molar-refractivity contribution in [2.75, 3.05) is 6.61 Å². The van der Waals surface area contributed by atoms with Crippen molar-refractivity contribution in [3.05, 3.63) is 52.8 Å². The number of H-pyrrole nitrogens is 1. The molecule has 8 nitrogen and oxygen atoms in total. The van der Waals surface area contributed by atoms with Gasteiger partial charge in [-0.25, -0.2) is 0 Å². The quantitative estimate of drug-likeness (QED) is 0.532. The average Bonchev–Trinajstić information content (AvgIpc) is 3.13. The second kappa shape index (κ2) is 5.86. The molecule has 3 aromatic rings. The fraction of sp³-hybridized carbons (Fsp3) is 0.214. The Morgan fingerprint density at radius 2 is 2.27 bits per heavy atom. The highest BCUT2D eigenvalue weighted by Crippen LogP contribution is 2.24. The van der Waals surface area contributed by atoms with Gasteiger partial charge in [0.25, 0.3) is 0 Å². The van der Waals surface area contributed by atoms with Crippen LogP contribution in [0.5, 0.6) is 5.75 Å². The minimum Gasteiger partial charge on any atom is -0.490 e. The lowest BCUT2D eigenvalue weighted by Crippen LogP contribution is -2.24. The molecule has 0 aliphatic heterocycles. The highest BCUT2D eigenvalue weighted by Gasteiger charge is 2.15. The monoisotopic (exact) mass is 302 g/mol. The molecule has 2 aromatic heterocycles. The zero-order valence-electron chi connectivity index (χ0n) is 11.5. The van der Waals surface area contributed by atoms with Crippen LogP contribution in [0.3, 0.4) is 0 Å². The number of fused-ring (bicyclic) bond motifs is 1. The van der Waals surface area contributed by atoms with E-state index in [4.69, 9.17) is 4.74 Å². The van der Waals surface area contributed by atoms with Crippen LogP contribution in [-0.4, -0.2) is 37.5 Å². The largest absolute Gasteiger partial charge is 0.490 e. The molecule has 0 aliphatic carbocycles. The number of nitro groups is 1. The summed E-state index contributed by atoms with van der Waals surface area (Å²) in [6.45, 7) is 0.189. The average molecular weight is 302 g/mol. The number of aliphatic hydroxyl groups excluding tert-OH is 1. The Morgan fingerprint density at radius 3 is 3.05 bits per heavy atom. The summed E-state index contributed by atoms with van der Waals surface area (Å²) in [4.78, 5) is 13.1. The first-order valence-electron chi connectivity index (χ1n) is 6.68. The van der Waals surface area contributed by atoms with Gasteiger partial charge in [0.2, 0.25) is 0 Å². The van der Waals surface area contributed by atoms with Crippen LogP contribution in [0.25, 0.3) is 10.9 Å². The molecule has 0 spiro atoms. The van der Waals surface area contributed by atoms with Crippen molar-refractivity contribution < 1.29 is 14.8 Å². The fourth-order valence-corrected chi connectivity index (χ4v) is 2.19. The molecule has 2 N–H and O–H groups in total. The van der Waals surface area contributed by atoms with Crippen molar-refractivity contribution in [3.63, 3.8) is 0 Å². The third-order valence-electron chi connectivity index (χ3n) is 3.20. The summed E-state index contributed by atoms with van der Waals surface area (Å²) < 4.78 is 6.94. The number of aliphatic hydroxyl groups is 1. The Balaban J connectivity index is 1.61. The van der Waals surface area contributed by atoms with Crippen molar-refractivity contribution in [2.45, 2.75) is 12.6 Å². The van der Waals surface area contributed by atoms with Gasteiger partial charge in [0.05, 0.1) is 23.9 Å². The Morgan fingerprint density at radius 1 is 1.41 bits per heavy atom. The predicted molar refractivity (Wildman–Crippen MR) is 78.7 cm³/mol. The normalized spacial score (nSPS) is 12.4. The van der Waals surface area contributed by atoms with Crippen LogP contribution >= 0.6 is 0 Å². The molecule has 1 unspecified atom stereocenters. The molecule has 3 rings (SSSR count). The van der Waals surface area contributed by atoms with E-state index in [0.29, 0.717) is 5.75 Å². The van der Waals surface area contributed by atoms with Crippen LogP contribution in [-0.2, 0) is 6.54 Å².